The highest BCUT2D eigenvalue weighted by atomic mass is 32.1. The molecule has 1 aromatic carbocycles. The molecule has 0 saturated carbocycles. The first-order valence-corrected chi connectivity index (χ1v) is 11.0. The van der Waals surface area contributed by atoms with Crippen molar-refractivity contribution < 1.29 is 9.59 Å². The molecule has 0 aliphatic rings. The van der Waals surface area contributed by atoms with E-state index in [1.807, 2.05) is 43.3 Å². The molecule has 8 heteroatoms. The molecule has 3 heterocycles. The number of hydrogen-bond donors (Lipinski definition) is 1. The maximum atomic E-state index is 13.2. The number of carbonyl (C=O) groups is 2. The molecule has 0 unspecified atom stereocenters. The van der Waals surface area contributed by atoms with E-state index in [4.69, 9.17) is 0 Å². The van der Waals surface area contributed by atoms with Crippen LogP contribution in [0.15, 0.2) is 53.6 Å². The summed E-state index contributed by atoms with van der Waals surface area (Å²) in [4.78, 5) is 44.6. The summed E-state index contributed by atoms with van der Waals surface area (Å²) in [5.41, 5.74) is 1.63. The molecule has 1 amide bonds. The van der Waals surface area contributed by atoms with Crippen molar-refractivity contribution in [1.82, 2.24) is 14.9 Å². The second-order valence-corrected chi connectivity index (χ2v) is 9.23. The van der Waals surface area contributed by atoms with E-state index in [2.05, 4.69) is 10.3 Å². The van der Waals surface area contributed by atoms with Crippen molar-refractivity contribution in [3.05, 3.63) is 73.8 Å². The number of hydrogen-bond acceptors (Lipinski definition) is 6. The minimum atomic E-state index is -0.216. The molecule has 30 heavy (non-hydrogen) atoms. The van der Waals surface area contributed by atoms with Gasteiger partial charge in [0.15, 0.2) is 5.78 Å². The van der Waals surface area contributed by atoms with Crippen LogP contribution in [0.3, 0.4) is 0 Å². The molecule has 0 aliphatic carbocycles. The van der Waals surface area contributed by atoms with Gasteiger partial charge < -0.3 is 5.32 Å². The maximum absolute atomic E-state index is 13.2. The Balaban J connectivity index is 1.66. The summed E-state index contributed by atoms with van der Waals surface area (Å²) in [6.45, 7) is 3.73. The van der Waals surface area contributed by atoms with Gasteiger partial charge in [-0.25, -0.2) is 4.98 Å². The number of rotatable bonds is 6. The monoisotopic (exact) mass is 437 g/mol. The molecule has 0 fully saturated rings. The maximum Gasteiger partial charge on any atom is 0.263 e. The van der Waals surface area contributed by atoms with E-state index in [1.54, 1.807) is 6.07 Å². The van der Waals surface area contributed by atoms with Crippen molar-refractivity contribution in [3.63, 3.8) is 0 Å². The van der Waals surface area contributed by atoms with Crippen LogP contribution in [0.2, 0.25) is 0 Å². The van der Waals surface area contributed by atoms with Gasteiger partial charge in [-0.15, -0.1) is 22.7 Å². The van der Waals surface area contributed by atoms with Crippen molar-refractivity contribution >= 4 is 44.6 Å². The number of Topliss-reactive ketones (excluding diaryl/α,β-unsaturated/α-hetero) is 1. The van der Waals surface area contributed by atoms with Crippen molar-refractivity contribution in [2.45, 2.75) is 26.9 Å². The zero-order valence-corrected chi connectivity index (χ0v) is 18.1. The van der Waals surface area contributed by atoms with Crippen LogP contribution in [-0.2, 0) is 17.9 Å². The first-order valence-electron chi connectivity index (χ1n) is 9.34. The quantitative estimate of drug-likeness (QED) is 0.462. The average molecular weight is 438 g/mol. The Morgan fingerprint density at radius 1 is 1.10 bits per heavy atom. The van der Waals surface area contributed by atoms with Gasteiger partial charge in [-0.1, -0.05) is 30.3 Å². The van der Waals surface area contributed by atoms with E-state index in [1.165, 1.54) is 40.5 Å². The third-order valence-electron chi connectivity index (χ3n) is 4.68. The van der Waals surface area contributed by atoms with E-state index in [0.29, 0.717) is 21.6 Å². The fourth-order valence-corrected chi connectivity index (χ4v) is 5.15. The number of amides is 1. The van der Waals surface area contributed by atoms with Crippen LogP contribution in [0.1, 0.15) is 26.3 Å². The number of ketones is 1. The van der Waals surface area contributed by atoms with Crippen LogP contribution in [0, 0.1) is 6.92 Å². The van der Waals surface area contributed by atoms with Gasteiger partial charge >= 0.3 is 0 Å². The van der Waals surface area contributed by atoms with Crippen molar-refractivity contribution in [2.24, 2.45) is 0 Å². The van der Waals surface area contributed by atoms with E-state index in [-0.39, 0.29) is 23.8 Å². The molecule has 152 valence electrons. The number of fused-ring (bicyclic) bond motifs is 1. The lowest BCUT2D eigenvalue weighted by atomic mass is 10.0. The van der Waals surface area contributed by atoms with Gasteiger partial charge in [0.25, 0.3) is 5.56 Å². The fourth-order valence-electron chi connectivity index (χ4n) is 3.27. The van der Waals surface area contributed by atoms with Crippen molar-refractivity contribution in [2.75, 3.05) is 0 Å². The summed E-state index contributed by atoms with van der Waals surface area (Å²) < 4.78 is 1.37. The Hall–Kier alpha value is -3.10. The molecule has 0 saturated heterocycles. The Kier molecular flexibility index (Phi) is 5.61. The molecule has 3 aromatic heterocycles. The molecule has 0 spiro atoms. The van der Waals surface area contributed by atoms with Gasteiger partial charge in [-0.05, 0) is 24.6 Å². The first kappa shape index (κ1) is 20.2. The minimum absolute atomic E-state index is 0.0784. The Labute approximate surface area is 180 Å². The normalized spacial score (nSPS) is 11.0. The molecular formula is C22H19N3O3S2. The van der Waals surface area contributed by atoms with Gasteiger partial charge in [0.1, 0.15) is 4.83 Å². The van der Waals surface area contributed by atoms with E-state index in [9.17, 15) is 14.4 Å². The van der Waals surface area contributed by atoms with E-state index in [0.717, 1.165) is 20.9 Å². The summed E-state index contributed by atoms with van der Waals surface area (Å²) in [7, 11) is 0. The summed E-state index contributed by atoms with van der Waals surface area (Å²) in [6.07, 6.45) is 1.44. The number of nitrogens with zero attached hydrogens (tertiary/aromatic N) is 2. The molecule has 4 aromatic rings. The number of thiophene rings is 2. The van der Waals surface area contributed by atoms with Gasteiger partial charge in [-0.2, -0.15) is 0 Å². The van der Waals surface area contributed by atoms with Crippen molar-refractivity contribution in [1.29, 1.82) is 0 Å². The second kappa shape index (κ2) is 8.33. The topological polar surface area (TPSA) is 81.1 Å². The lowest BCUT2D eigenvalue weighted by Gasteiger charge is -2.05. The number of nitrogens with one attached hydrogen (secondary N) is 1. The lowest BCUT2D eigenvalue weighted by molar-refractivity contribution is -0.119. The predicted molar refractivity (Wildman–Crippen MR) is 120 cm³/mol. The molecular weight excluding hydrogens is 418 g/mol. The summed E-state index contributed by atoms with van der Waals surface area (Å²) in [5, 5.41) is 3.27. The summed E-state index contributed by atoms with van der Waals surface area (Å²) in [5.74, 6) is -0.284. The molecule has 4 rings (SSSR count). The zero-order chi connectivity index (χ0) is 21.3. The highest BCUT2D eigenvalue weighted by molar-refractivity contribution is 7.19. The zero-order valence-electron chi connectivity index (χ0n) is 16.5. The third-order valence-corrected chi connectivity index (χ3v) is 6.82. The average Bonchev–Trinajstić information content (AvgIpc) is 3.33. The summed E-state index contributed by atoms with van der Waals surface area (Å²) >= 11 is 2.80. The second-order valence-electron chi connectivity index (χ2n) is 6.86. The number of benzene rings is 1. The van der Waals surface area contributed by atoms with Crippen LogP contribution in [-0.4, -0.2) is 21.2 Å². The van der Waals surface area contributed by atoms with Crippen LogP contribution in [0.5, 0.6) is 0 Å². The predicted octanol–water partition coefficient (Wildman–Crippen LogP) is 4.01. The third kappa shape index (κ3) is 3.96. The van der Waals surface area contributed by atoms with Crippen LogP contribution in [0.4, 0.5) is 0 Å². The smallest absolute Gasteiger partial charge is 0.263 e. The molecule has 0 aliphatic heterocycles. The first-order chi connectivity index (χ1) is 14.4. The molecule has 6 nitrogen and oxygen atoms in total. The van der Waals surface area contributed by atoms with Crippen LogP contribution < -0.4 is 10.9 Å². The number of carbonyl (C=O) groups excluding carboxylic acids is 2. The van der Waals surface area contributed by atoms with Crippen LogP contribution >= 0.6 is 22.7 Å². The lowest BCUT2D eigenvalue weighted by Crippen LogP contribution is -2.24. The molecule has 0 atom stereocenters. The standard InChI is InChI=1S/C22H19N3O3S2/c1-13-19(15-6-4-3-5-7-15)20-21(29-13)24-12-25(22(20)28)11-17(27)18-9-8-16(30-18)10-23-14(2)26/h3-9,12H,10-11H2,1-2H3,(H,23,26). The molecule has 0 bridgehead atoms. The Morgan fingerprint density at radius 3 is 2.60 bits per heavy atom. The molecule has 1 N–H and O–H groups in total. The Morgan fingerprint density at radius 2 is 1.87 bits per heavy atom. The largest absolute Gasteiger partial charge is 0.351 e. The minimum Gasteiger partial charge on any atom is -0.351 e. The number of aryl methyl sites for hydroxylation is 1. The van der Waals surface area contributed by atoms with Gasteiger partial charge in [0.2, 0.25) is 5.91 Å². The highest BCUT2D eigenvalue weighted by Crippen LogP contribution is 2.35. The van der Waals surface area contributed by atoms with Crippen molar-refractivity contribution in [3.8, 4) is 11.1 Å². The fraction of sp³-hybridized carbons (Fsp3) is 0.182. The number of aromatic nitrogens is 2. The Bertz CT molecular complexity index is 1300. The van der Waals surface area contributed by atoms with Gasteiger partial charge in [-0.3, -0.25) is 19.0 Å². The van der Waals surface area contributed by atoms with E-state index >= 15 is 0 Å². The van der Waals surface area contributed by atoms with Crippen LogP contribution in [0.25, 0.3) is 21.3 Å². The molecule has 0 radical (unpaired) electrons. The SMILES string of the molecule is CC(=O)NCc1ccc(C(=O)Cn2cnc3sc(C)c(-c4ccccc4)c3c2=O)s1. The van der Waals surface area contributed by atoms with Gasteiger partial charge in [0.05, 0.1) is 29.7 Å². The van der Waals surface area contributed by atoms with E-state index < -0.39 is 0 Å². The highest BCUT2D eigenvalue weighted by Gasteiger charge is 2.18. The van der Waals surface area contributed by atoms with Gasteiger partial charge in [0, 0.05) is 22.2 Å². The summed E-state index contributed by atoms with van der Waals surface area (Å²) in [6, 6.07) is 13.3.